The lowest BCUT2D eigenvalue weighted by molar-refractivity contribution is 0.0732. The van der Waals surface area contributed by atoms with E-state index in [1.165, 1.54) is 36.9 Å². The number of carbonyl (C=O) groups excluding carboxylic acids is 1. The summed E-state index contributed by atoms with van der Waals surface area (Å²) >= 11 is 1.28. The Hall–Kier alpha value is -1.94. The molecule has 0 bridgehead atoms. The predicted octanol–water partition coefficient (Wildman–Crippen LogP) is 5.27. The molecule has 2 aliphatic heterocycles. The van der Waals surface area contributed by atoms with Crippen LogP contribution in [0.2, 0.25) is 0 Å². The SMILES string of the molecule is CCCCCCN(C(=O)OC)C1CCN(C[C@H]2CN(S(=O)(=O)c3cccs3)C[C@@H]2c2ccccc2)CC1. The van der Waals surface area contributed by atoms with Crippen LogP contribution in [0.3, 0.4) is 0 Å². The molecular formula is C28H41N3O4S2. The van der Waals surface area contributed by atoms with Gasteiger partial charge >= 0.3 is 6.09 Å². The maximum absolute atomic E-state index is 13.3. The Morgan fingerprint density at radius 2 is 1.81 bits per heavy atom. The molecule has 1 aromatic carbocycles. The van der Waals surface area contributed by atoms with E-state index in [4.69, 9.17) is 4.74 Å². The van der Waals surface area contributed by atoms with Gasteiger partial charge in [-0.15, -0.1) is 11.3 Å². The van der Waals surface area contributed by atoms with E-state index < -0.39 is 10.0 Å². The fourth-order valence-electron chi connectivity index (χ4n) is 5.82. The summed E-state index contributed by atoms with van der Waals surface area (Å²) in [6, 6.07) is 14.0. The summed E-state index contributed by atoms with van der Waals surface area (Å²) in [6.07, 6.45) is 6.13. The number of sulfonamides is 1. The second kappa shape index (κ2) is 13.2. The van der Waals surface area contributed by atoms with Crippen LogP contribution < -0.4 is 0 Å². The van der Waals surface area contributed by atoms with Gasteiger partial charge in [-0.3, -0.25) is 0 Å². The lowest BCUT2D eigenvalue weighted by Crippen LogP contribution is -2.48. The van der Waals surface area contributed by atoms with Crippen molar-refractivity contribution in [2.24, 2.45) is 5.92 Å². The van der Waals surface area contributed by atoms with Crippen LogP contribution in [-0.4, -0.2) is 81.0 Å². The van der Waals surface area contributed by atoms with Gasteiger partial charge in [0.2, 0.25) is 0 Å². The molecule has 0 aliphatic carbocycles. The quantitative estimate of drug-likeness (QED) is 0.359. The fraction of sp³-hybridized carbons (Fsp3) is 0.607. The average Bonchev–Trinajstić information content (AvgIpc) is 3.61. The Morgan fingerprint density at radius 3 is 2.46 bits per heavy atom. The standard InChI is InChI=1S/C28H41N3O4S2/c1-3-4-5-9-16-31(28(32)35-2)25-14-17-29(18-15-25)20-24-21-30(37(33,34)27-13-10-19-36-27)22-26(24)23-11-7-6-8-12-23/h6-8,10-13,19,24-26H,3-5,9,14-18,20-22H2,1-2H3/t24-,26+/m0/s1. The van der Waals surface area contributed by atoms with Gasteiger partial charge in [0.05, 0.1) is 7.11 Å². The molecule has 1 amide bonds. The molecule has 37 heavy (non-hydrogen) atoms. The molecule has 0 spiro atoms. The summed E-state index contributed by atoms with van der Waals surface area (Å²) in [5, 5.41) is 1.82. The molecule has 0 unspecified atom stereocenters. The maximum Gasteiger partial charge on any atom is 0.409 e. The highest BCUT2D eigenvalue weighted by Gasteiger charge is 2.41. The van der Waals surface area contributed by atoms with Gasteiger partial charge in [0.15, 0.2) is 0 Å². The van der Waals surface area contributed by atoms with Gasteiger partial charge in [-0.05, 0) is 42.2 Å². The van der Waals surface area contributed by atoms with Crippen molar-refractivity contribution >= 4 is 27.5 Å². The molecule has 2 aromatic rings. The van der Waals surface area contributed by atoms with E-state index in [1.54, 1.807) is 16.4 Å². The molecule has 2 fully saturated rings. The largest absolute Gasteiger partial charge is 0.453 e. The number of thiophene rings is 1. The summed E-state index contributed by atoms with van der Waals surface area (Å²) in [4.78, 5) is 16.9. The lowest BCUT2D eigenvalue weighted by Gasteiger charge is -2.39. The number of nitrogens with zero attached hydrogens (tertiary/aromatic N) is 3. The third-order valence-corrected chi connectivity index (χ3v) is 11.1. The van der Waals surface area contributed by atoms with Gasteiger partial charge in [-0.1, -0.05) is 62.6 Å². The number of piperidine rings is 1. The molecule has 2 atom stereocenters. The highest BCUT2D eigenvalue weighted by Crippen LogP contribution is 2.37. The first-order chi connectivity index (χ1) is 17.9. The zero-order chi connectivity index (χ0) is 26.3. The number of carbonyl (C=O) groups is 1. The molecule has 3 heterocycles. The Bertz CT molecular complexity index is 1070. The van der Waals surface area contributed by atoms with Gasteiger partial charge < -0.3 is 14.5 Å². The Labute approximate surface area is 226 Å². The number of ether oxygens (including phenoxy) is 1. The predicted molar refractivity (Wildman–Crippen MR) is 148 cm³/mol. The van der Waals surface area contributed by atoms with Crippen molar-refractivity contribution in [3.63, 3.8) is 0 Å². The second-order valence-corrected chi connectivity index (χ2v) is 13.4. The van der Waals surface area contributed by atoms with E-state index in [-0.39, 0.29) is 24.0 Å². The van der Waals surface area contributed by atoms with Crippen molar-refractivity contribution in [1.82, 2.24) is 14.1 Å². The van der Waals surface area contributed by atoms with Crippen molar-refractivity contribution in [3.8, 4) is 0 Å². The van der Waals surface area contributed by atoms with Crippen LogP contribution in [-0.2, 0) is 14.8 Å². The molecule has 0 saturated carbocycles. The molecule has 9 heteroatoms. The van der Waals surface area contributed by atoms with Crippen molar-refractivity contribution in [1.29, 1.82) is 0 Å². The van der Waals surface area contributed by atoms with Crippen LogP contribution in [0.25, 0.3) is 0 Å². The van der Waals surface area contributed by atoms with E-state index in [9.17, 15) is 13.2 Å². The number of amides is 1. The van der Waals surface area contributed by atoms with Crippen molar-refractivity contribution in [2.75, 3.05) is 46.4 Å². The van der Waals surface area contributed by atoms with Gasteiger partial charge in [-0.25, -0.2) is 13.2 Å². The molecule has 2 aliphatic rings. The fourth-order valence-corrected chi connectivity index (χ4v) is 8.49. The minimum Gasteiger partial charge on any atom is -0.453 e. The minimum absolute atomic E-state index is 0.166. The molecule has 1 aromatic heterocycles. The van der Waals surface area contributed by atoms with Crippen LogP contribution in [0.15, 0.2) is 52.1 Å². The first kappa shape index (κ1) is 28.1. The average molecular weight is 548 g/mol. The number of benzene rings is 1. The zero-order valence-corrected chi connectivity index (χ0v) is 23.8. The van der Waals surface area contributed by atoms with E-state index in [1.807, 2.05) is 28.5 Å². The van der Waals surface area contributed by atoms with Crippen molar-refractivity contribution in [2.45, 2.75) is 61.6 Å². The summed E-state index contributed by atoms with van der Waals surface area (Å²) in [5.74, 6) is 0.387. The molecule has 204 valence electrons. The van der Waals surface area contributed by atoms with E-state index in [2.05, 4.69) is 24.0 Å². The lowest BCUT2D eigenvalue weighted by atomic mass is 9.88. The van der Waals surface area contributed by atoms with Crippen LogP contribution in [0, 0.1) is 5.92 Å². The van der Waals surface area contributed by atoms with Gasteiger partial charge in [-0.2, -0.15) is 4.31 Å². The molecule has 4 rings (SSSR count). The van der Waals surface area contributed by atoms with Crippen LogP contribution in [0.1, 0.15) is 56.9 Å². The van der Waals surface area contributed by atoms with E-state index in [0.29, 0.717) is 17.3 Å². The third kappa shape index (κ3) is 6.93. The summed E-state index contributed by atoms with van der Waals surface area (Å²) in [7, 11) is -2.01. The first-order valence-corrected chi connectivity index (χ1v) is 15.9. The number of likely N-dealkylation sites (tertiary alicyclic amines) is 1. The normalized spacial score (nSPS) is 21.8. The summed E-state index contributed by atoms with van der Waals surface area (Å²) in [6.45, 7) is 6.66. The maximum atomic E-state index is 13.3. The third-order valence-electron chi connectivity index (χ3n) is 7.88. The Balaban J connectivity index is 1.40. The number of unbranched alkanes of at least 4 members (excludes halogenated alkanes) is 3. The Kier molecular flexibility index (Phi) is 10.0. The molecule has 2 saturated heterocycles. The van der Waals surface area contributed by atoms with Crippen LogP contribution in [0.5, 0.6) is 0 Å². The number of hydrogen-bond acceptors (Lipinski definition) is 6. The Morgan fingerprint density at radius 1 is 1.05 bits per heavy atom. The van der Waals surface area contributed by atoms with E-state index in [0.717, 1.165) is 51.9 Å². The van der Waals surface area contributed by atoms with Crippen molar-refractivity contribution in [3.05, 3.63) is 53.4 Å². The van der Waals surface area contributed by atoms with Crippen LogP contribution in [0.4, 0.5) is 4.79 Å². The summed E-state index contributed by atoms with van der Waals surface area (Å²) in [5.41, 5.74) is 1.20. The smallest absolute Gasteiger partial charge is 0.409 e. The minimum atomic E-state index is -3.48. The first-order valence-electron chi connectivity index (χ1n) is 13.6. The van der Waals surface area contributed by atoms with Crippen LogP contribution >= 0.6 is 11.3 Å². The molecular weight excluding hydrogens is 506 g/mol. The van der Waals surface area contributed by atoms with E-state index >= 15 is 0 Å². The highest BCUT2D eigenvalue weighted by atomic mass is 32.2. The van der Waals surface area contributed by atoms with Gasteiger partial charge in [0.25, 0.3) is 10.0 Å². The second-order valence-electron chi connectivity index (χ2n) is 10.3. The topological polar surface area (TPSA) is 70.2 Å². The molecule has 0 N–H and O–H groups in total. The number of methoxy groups -OCH3 is 1. The highest BCUT2D eigenvalue weighted by molar-refractivity contribution is 7.91. The zero-order valence-electron chi connectivity index (χ0n) is 22.1. The molecule has 0 radical (unpaired) electrons. The van der Waals surface area contributed by atoms with Gasteiger partial charge in [0, 0.05) is 51.2 Å². The molecule has 7 nitrogen and oxygen atoms in total. The summed E-state index contributed by atoms with van der Waals surface area (Å²) < 4.78 is 33.9. The van der Waals surface area contributed by atoms with Crippen molar-refractivity contribution < 1.29 is 17.9 Å². The number of hydrogen-bond donors (Lipinski definition) is 0. The number of rotatable bonds is 11. The van der Waals surface area contributed by atoms with Gasteiger partial charge in [0.1, 0.15) is 4.21 Å². The monoisotopic (exact) mass is 547 g/mol.